The molecule has 0 aliphatic carbocycles. The first-order valence-electron chi connectivity index (χ1n) is 5.99. The molecule has 2 atom stereocenters. The van der Waals surface area contributed by atoms with E-state index in [0.29, 0.717) is 6.61 Å². The van der Waals surface area contributed by atoms with Crippen LogP contribution in [0.15, 0.2) is 0 Å². The maximum Gasteiger partial charge on any atom is 0.312 e. The number of ether oxygens (including phenoxy) is 1. The van der Waals surface area contributed by atoms with Crippen LogP contribution >= 0.6 is 0 Å². The molecular formula is C12H24O3Si. The molecule has 0 radical (unpaired) electrons. The van der Waals surface area contributed by atoms with E-state index in [1.807, 2.05) is 6.92 Å². The van der Waals surface area contributed by atoms with Crippen LogP contribution in [-0.2, 0) is 14.0 Å². The molecule has 4 heteroatoms. The quantitative estimate of drug-likeness (QED) is 0.563. The van der Waals surface area contributed by atoms with E-state index in [1.54, 1.807) is 0 Å². The van der Waals surface area contributed by atoms with Crippen LogP contribution in [0.5, 0.6) is 0 Å². The molecule has 0 unspecified atom stereocenters. The first kappa shape index (κ1) is 13.7. The van der Waals surface area contributed by atoms with Crippen molar-refractivity contribution in [2.45, 2.75) is 58.4 Å². The molecule has 1 aliphatic heterocycles. The van der Waals surface area contributed by atoms with E-state index in [4.69, 9.17) is 9.16 Å². The number of rotatable bonds is 4. The summed E-state index contributed by atoms with van der Waals surface area (Å²) in [5.41, 5.74) is 0. The van der Waals surface area contributed by atoms with E-state index >= 15 is 0 Å². The normalized spacial score (nSPS) is 26.2. The molecule has 0 aromatic rings. The van der Waals surface area contributed by atoms with Gasteiger partial charge in [0.05, 0.1) is 5.92 Å². The van der Waals surface area contributed by atoms with Gasteiger partial charge in [-0.15, -0.1) is 0 Å². The maximum absolute atomic E-state index is 10.9. The molecule has 94 valence electrons. The van der Waals surface area contributed by atoms with E-state index < -0.39 is 8.32 Å². The van der Waals surface area contributed by atoms with Gasteiger partial charge in [0.15, 0.2) is 8.32 Å². The van der Waals surface area contributed by atoms with E-state index in [1.165, 1.54) is 0 Å². The Morgan fingerprint density at radius 2 is 1.94 bits per heavy atom. The van der Waals surface area contributed by atoms with Crippen LogP contribution in [0.3, 0.4) is 0 Å². The Kier molecular flexibility index (Phi) is 3.85. The summed E-state index contributed by atoms with van der Waals surface area (Å²) in [4.78, 5) is 10.9. The molecule has 0 spiro atoms. The Morgan fingerprint density at radius 1 is 1.38 bits per heavy atom. The molecule has 1 heterocycles. The van der Waals surface area contributed by atoms with E-state index in [0.717, 1.165) is 6.42 Å². The summed E-state index contributed by atoms with van der Waals surface area (Å²) in [7, 11) is -1.64. The molecule has 0 aromatic carbocycles. The number of carbonyl (C=O) groups excluding carboxylic acids is 1. The summed E-state index contributed by atoms with van der Waals surface area (Å²) in [6.07, 6.45) is 0.914. The van der Waals surface area contributed by atoms with Gasteiger partial charge in [-0.05, 0) is 25.1 Å². The van der Waals surface area contributed by atoms with Crippen LogP contribution in [0.4, 0.5) is 0 Å². The smallest absolute Gasteiger partial charge is 0.312 e. The highest BCUT2D eigenvalue weighted by atomic mass is 28.4. The van der Waals surface area contributed by atoms with Crippen LogP contribution in [-0.4, -0.2) is 27.0 Å². The minimum absolute atomic E-state index is 0.0583. The van der Waals surface area contributed by atoms with Gasteiger partial charge in [-0.25, -0.2) is 0 Å². The Hall–Kier alpha value is -0.353. The van der Waals surface area contributed by atoms with Gasteiger partial charge in [-0.2, -0.15) is 0 Å². The Labute approximate surface area is 99.6 Å². The van der Waals surface area contributed by atoms with Crippen LogP contribution in [0.25, 0.3) is 0 Å². The van der Waals surface area contributed by atoms with Crippen molar-refractivity contribution < 1.29 is 14.0 Å². The SMILES string of the molecule is C[C@@H]1C(=O)O[C@@H]1CCO[Si](C)(C)C(C)(C)C. The highest BCUT2D eigenvalue weighted by Gasteiger charge is 2.40. The molecule has 1 aliphatic rings. The molecule has 16 heavy (non-hydrogen) atoms. The van der Waals surface area contributed by atoms with Gasteiger partial charge in [0.2, 0.25) is 0 Å². The zero-order valence-electron chi connectivity index (χ0n) is 11.3. The fourth-order valence-electron chi connectivity index (χ4n) is 1.39. The maximum atomic E-state index is 10.9. The van der Waals surface area contributed by atoms with Gasteiger partial charge < -0.3 is 9.16 Å². The molecule has 1 fully saturated rings. The average molecular weight is 244 g/mol. The van der Waals surface area contributed by atoms with Crippen LogP contribution < -0.4 is 0 Å². The number of hydrogen-bond donors (Lipinski definition) is 0. The van der Waals surface area contributed by atoms with Crippen molar-refractivity contribution in [1.82, 2.24) is 0 Å². The average Bonchev–Trinajstić information content (AvgIpc) is 2.14. The summed E-state index contributed by atoms with van der Waals surface area (Å²) in [6.45, 7) is 13.8. The zero-order chi connectivity index (χ0) is 12.6. The third kappa shape index (κ3) is 2.86. The zero-order valence-corrected chi connectivity index (χ0v) is 12.3. The van der Waals surface area contributed by atoms with Crippen molar-refractivity contribution in [2.75, 3.05) is 6.61 Å². The van der Waals surface area contributed by atoms with Gasteiger partial charge in [-0.1, -0.05) is 20.8 Å². The second kappa shape index (κ2) is 4.49. The third-order valence-corrected chi connectivity index (χ3v) is 8.41. The van der Waals surface area contributed by atoms with Crippen molar-refractivity contribution in [3.05, 3.63) is 0 Å². The predicted octanol–water partition coefficient (Wildman–Crippen LogP) is 2.96. The first-order valence-corrected chi connectivity index (χ1v) is 8.90. The van der Waals surface area contributed by atoms with Gasteiger partial charge in [-0.3, -0.25) is 4.79 Å². The summed E-state index contributed by atoms with van der Waals surface area (Å²) >= 11 is 0. The van der Waals surface area contributed by atoms with Crippen molar-refractivity contribution in [1.29, 1.82) is 0 Å². The molecule has 3 nitrogen and oxygen atoms in total. The lowest BCUT2D eigenvalue weighted by molar-refractivity contribution is -0.183. The fraction of sp³-hybridized carbons (Fsp3) is 0.917. The van der Waals surface area contributed by atoms with E-state index in [9.17, 15) is 4.79 Å². The van der Waals surface area contributed by atoms with Crippen LogP contribution in [0.2, 0.25) is 18.1 Å². The predicted molar refractivity (Wildman–Crippen MR) is 66.8 cm³/mol. The second-order valence-corrected chi connectivity index (χ2v) is 11.0. The van der Waals surface area contributed by atoms with E-state index in [-0.39, 0.29) is 23.0 Å². The number of esters is 1. The summed E-state index contributed by atoms with van der Waals surface area (Å²) in [5, 5.41) is 0.245. The number of carbonyl (C=O) groups is 1. The van der Waals surface area contributed by atoms with Crippen molar-refractivity contribution >= 4 is 14.3 Å². The van der Waals surface area contributed by atoms with Crippen LogP contribution in [0.1, 0.15) is 34.1 Å². The minimum Gasteiger partial charge on any atom is -0.461 e. The molecule has 0 amide bonds. The topological polar surface area (TPSA) is 35.5 Å². The lowest BCUT2D eigenvalue weighted by atomic mass is 9.97. The Morgan fingerprint density at radius 3 is 2.31 bits per heavy atom. The Balaban J connectivity index is 2.28. The van der Waals surface area contributed by atoms with Gasteiger partial charge in [0.25, 0.3) is 0 Å². The largest absolute Gasteiger partial charge is 0.461 e. The lowest BCUT2D eigenvalue weighted by Crippen LogP contribution is -2.45. The number of hydrogen-bond acceptors (Lipinski definition) is 3. The summed E-state index contributed by atoms with van der Waals surface area (Å²) in [5.74, 6) is -0.0136. The van der Waals surface area contributed by atoms with Crippen molar-refractivity contribution in [3.8, 4) is 0 Å². The second-order valence-electron chi connectivity index (χ2n) is 6.16. The van der Waals surface area contributed by atoms with Gasteiger partial charge in [0, 0.05) is 13.0 Å². The van der Waals surface area contributed by atoms with Crippen LogP contribution in [0, 0.1) is 5.92 Å². The molecule has 0 aromatic heterocycles. The first-order chi connectivity index (χ1) is 7.15. The lowest BCUT2D eigenvalue weighted by Gasteiger charge is -2.38. The highest BCUT2D eigenvalue weighted by molar-refractivity contribution is 6.74. The van der Waals surface area contributed by atoms with Gasteiger partial charge >= 0.3 is 5.97 Å². The Bertz CT molecular complexity index is 268. The molecule has 0 N–H and O–H groups in total. The molecule has 0 bridgehead atoms. The summed E-state index contributed by atoms with van der Waals surface area (Å²) < 4.78 is 11.1. The minimum atomic E-state index is -1.64. The van der Waals surface area contributed by atoms with Crippen molar-refractivity contribution in [3.63, 3.8) is 0 Å². The monoisotopic (exact) mass is 244 g/mol. The molecule has 0 saturated carbocycles. The number of cyclic esters (lactones) is 1. The summed E-state index contributed by atoms with van der Waals surface area (Å²) in [6, 6.07) is 0. The van der Waals surface area contributed by atoms with Crippen molar-refractivity contribution in [2.24, 2.45) is 5.92 Å². The van der Waals surface area contributed by atoms with E-state index in [2.05, 4.69) is 33.9 Å². The fourth-order valence-corrected chi connectivity index (χ4v) is 2.45. The molecule has 1 saturated heterocycles. The third-order valence-electron chi connectivity index (χ3n) is 3.87. The van der Waals surface area contributed by atoms with Gasteiger partial charge in [0.1, 0.15) is 6.10 Å². The molecule has 1 rings (SSSR count). The molecular weight excluding hydrogens is 220 g/mol. The highest BCUT2D eigenvalue weighted by Crippen LogP contribution is 2.37. The standard InChI is InChI=1S/C12H24O3Si/c1-9-10(15-11(9)13)7-8-14-16(5,6)12(2,3)4/h9-10H,7-8H2,1-6H3/t9-,10+/m0/s1.